The van der Waals surface area contributed by atoms with E-state index in [-0.39, 0.29) is 18.7 Å². The maximum absolute atomic E-state index is 13.5. The molecule has 0 aliphatic heterocycles. The molecular formula is C31H29F2N7O2. The van der Waals surface area contributed by atoms with Crippen molar-refractivity contribution in [3.63, 3.8) is 0 Å². The summed E-state index contributed by atoms with van der Waals surface area (Å²) >= 11 is 0. The summed E-state index contributed by atoms with van der Waals surface area (Å²) in [7, 11) is 6.12. The quantitative estimate of drug-likeness (QED) is 0.288. The minimum atomic E-state index is -1.02. The third-order valence-electron chi connectivity index (χ3n) is 6.85. The average molecular weight is 570 g/mol. The number of imidazole rings is 1. The van der Waals surface area contributed by atoms with Crippen molar-refractivity contribution in [1.82, 2.24) is 34.3 Å². The molecule has 0 saturated heterocycles. The van der Waals surface area contributed by atoms with Gasteiger partial charge < -0.3 is 14.8 Å². The summed E-state index contributed by atoms with van der Waals surface area (Å²) in [6.07, 6.45) is 6.05. The zero-order valence-electron chi connectivity index (χ0n) is 23.5. The van der Waals surface area contributed by atoms with Crippen molar-refractivity contribution in [3.05, 3.63) is 99.6 Å². The molecule has 3 aromatic heterocycles. The molecule has 214 valence electrons. The number of carbonyl (C=O) groups is 1. The Balaban J connectivity index is 1.29. The van der Waals surface area contributed by atoms with Crippen molar-refractivity contribution in [2.45, 2.75) is 19.4 Å². The number of carbonyl (C=O) groups excluding carboxylic acids is 1. The molecule has 0 bridgehead atoms. The van der Waals surface area contributed by atoms with Crippen LogP contribution in [-0.2, 0) is 20.0 Å². The van der Waals surface area contributed by atoms with Gasteiger partial charge in [0, 0.05) is 30.6 Å². The van der Waals surface area contributed by atoms with Gasteiger partial charge in [0.05, 0.1) is 36.6 Å². The molecule has 2 aromatic carbocycles. The number of benzene rings is 2. The number of aromatic nitrogens is 5. The van der Waals surface area contributed by atoms with Crippen LogP contribution in [0.15, 0.2) is 59.9 Å². The van der Waals surface area contributed by atoms with E-state index < -0.39 is 23.1 Å². The standard InChI is InChI=1S/C31H29F2N7O2/c1-38(2)13-5-7-28-37-27-17-36-26-11-9-20(14-22(26)29(27)39(28)3)6-4-12-35-30(41)23-16-34-19-40(31(23)42)18-21-8-10-24(32)25(33)15-21/h8-11,14-17,19H,5,7,12-13,18H2,1-3H3,(H,35,41). The number of nitrogens with one attached hydrogen (secondary N) is 1. The van der Waals surface area contributed by atoms with Crippen LogP contribution in [0.5, 0.6) is 0 Å². The number of aryl methyl sites for hydroxylation is 2. The van der Waals surface area contributed by atoms with Gasteiger partial charge in [-0.05, 0) is 63.0 Å². The Kier molecular flexibility index (Phi) is 8.36. The summed E-state index contributed by atoms with van der Waals surface area (Å²) in [5, 5.41) is 3.56. The molecule has 11 heteroatoms. The van der Waals surface area contributed by atoms with E-state index >= 15 is 0 Å². The highest BCUT2D eigenvalue weighted by atomic mass is 19.2. The van der Waals surface area contributed by atoms with Gasteiger partial charge in [-0.1, -0.05) is 17.9 Å². The number of fused-ring (bicyclic) bond motifs is 3. The molecule has 0 saturated carbocycles. The fraction of sp³-hybridized carbons (Fsp3) is 0.258. The predicted octanol–water partition coefficient (Wildman–Crippen LogP) is 3.28. The normalized spacial score (nSPS) is 11.2. The van der Waals surface area contributed by atoms with Gasteiger partial charge in [0.25, 0.3) is 11.5 Å². The zero-order valence-corrected chi connectivity index (χ0v) is 23.5. The Bertz CT molecular complexity index is 1920. The molecule has 0 atom stereocenters. The van der Waals surface area contributed by atoms with E-state index in [1.165, 1.54) is 12.4 Å². The highest BCUT2D eigenvalue weighted by Crippen LogP contribution is 2.25. The molecule has 0 aliphatic rings. The summed E-state index contributed by atoms with van der Waals surface area (Å²) < 4.78 is 30.0. The molecule has 0 fully saturated rings. The number of hydrogen-bond donors (Lipinski definition) is 1. The van der Waals surface area contributed by atoms with E-state index in [1.807, 2.05) is 25.2 Å². The van der Waals surface area contributed by atoms with Gasteiger partial charge in [0.2, 0.25) is 0 Å². The van der Waals surface area contributed by atoms with Crippen LogP contribution in [0.1, 0.15) is 33.7 Å². The first-order valence-corrected chi connectivity index (χ1v) is 13.4. The fourth-order valence-corrected chi connectivity index (χ4v) is 4.72. The first-order chi connectivity index (χ1) is 20.2. The third kappa shape index (κ3) is 6.19. The van der Waals surface area contributed by atoms with Crippen molar-refractivity contribution >= 4 is 27.8 Å². The molecule has 1 amide bonds. The van der Waals surface area contributed by atoms with Crippen LogP contribution in [-0.4, -0.2) is 62.1 Å². The molecular weight excluding hydrogens is 540 g/mol. The summed E-state index contributed by atoms with van der Waals surface area (Å²) in [4.78, 5) is 40.9. The molecule has 9 nitrogen and oxygen atoms in total. The van der Waals surface area contributed by atoms with Crippen molar-refractivity contribution in [2.75, 3.05) is 27.2 Å². The topological polar surface area (TPSA) is 97.9 Å². The lowest BCUT2D eigenvalue weighted by atomic mass is 10.1. The Morgan fingerprint density at radius 1 is 1.07 bits per heavy atom. The second-order valence-corrected chi connectivity index (χ2v) is 10.2. The third-order valence-corrected chi connectivity index (χ3v) is 6.85. The Hall–Kier alpha value is -4.95. The number of rotatable bonds is 8. The largest absolute Gasteiger partial charge is 0.341 e. The second kappa shape index (κ2) is 12.3. The molecule has 5 rings (SSSR count). The van der Waals surface area contributed by atoms with E-state index in [1.54, 1.807) is 6.20 Å². The van der Waals surface area contributed by atoms with Gasteiger partial charge in [0.1, 0.15) is 16.9 Å². The predicted molar refractivity (Wildman–Crippen MR) is 156 cm³/mol. The molecule has 42 heavy (non-hydrogen) atoms. The van der Waals surface area contributed by atoms with Crippen LogP contribution < -0.4 is 10.9 Å². The zero-order chi connectivity index (χ0) is 29.8. The molecule has 0 spiro atoms. The summed E-state index contributed by atoms with van der Waals surface area (Å²) in [5.74, 6) is 4.34. The molecule has 5 aromatic rings. The molecule has 0 radical (unpaired) electrons. The SMILES string of the molecule is CN(C)CCCc1nc2cnc3ccc(C#CCNC(=O)c4cncn(Cc5ccc(F)c(F)c5)c4=O)cc3c2n1C. The Labute approximate surface area is 240 Å². The number of hydrogen-bond acceptors (Lipinski definition) is 6. The van der Waals surface area contributed by atoms with Crippen LogP contribution in [0.4, 0.5) is 8.78 Å². The van der Waals surface area contributed by atoms with Crippen LogP contribution >= 0.6 is 0 Å². The number of nitrogens with zero attached hydrogens (tertiary/aromatic N) is 6. The van der Waals surface area contributed by atoms with Crippen molar-refractivity contribution in [2.24, 2.45) is 7.05 Å². The highest BCUT2D eigenvalue weighted by molar-refractivity contribution is 6.02. The lowest BCUT2D eigenvalue weighted by Crippen LogP contribution is -2.33. The minimum Gasteiger partial charge on any atom is -0.341 e. The van der Waals surface area contributed by atoms with Crippen LogP contribution in [0.25, 0.3) is 21.9 Å². The lowest BCUT2D eigenvalue weighted by Gasteiger charge is -2.09. The number of halogens is 2. The maximum Gasteiger partial charge on any atom is 0.266 e. The van der Waals surface area contributed by atoms with Crippen LogP contribution in [0.2, 0.25) is 0 Å². The van der Waals surface area contributed by atoms with E-state index in [2.05, 4.69) is 50.7 Å². The van der Waals surface area contributed by atoms with Gasteiger partial charge >= 0.3 is 0 Å². The minimum absolute atomic E-state index is 0.00143. The molecule has 3 heterocycles. The van der Waals surface area contributed by atoms with Gasteiger partial charge in [-0.25, -0.2) is 18.7 Å². The fourth-order valence-electron chi connectivity index (χ4n) is 4.72. The van der Waals surface area contributed by atoms with E-state index in [0.29, 0.717) is 5.56 Å². The molecule has 0 unspecified atom stereocenters. The average Bonchev–Trinajstić information content (AvgIpc) is 3.29. The first kappa shape index (κ1) is 28.6. The van der Waals surface area contributed by atoms with Crippen molar-refractivity contribution < 1.29 is 13.6 Å². The maximum atomic E-state index is 13.5. The van der Waals surface area contributed by atoms with Gasteiger partial charge in [-0.15, -0.1) is 0 Å². The second-order valence-electron chi connectivity index (χ2n) is 10.2. The number of pyridine rings is 1. The van der Waals surface area contributed by atoms with Crippen molar-refractivity contribution in [1.29, 1.82) is 0 Å². The molecule has 0 aliphatic carbocycles. The Morgan fingerprint density at radius 3 is 2.69 bits per heavy atom. The number of amides is 1. The summed E-state index contributed by atoms with van der Waals surface area (Å²) in [6, 6.07) is 9.07. The monoisotopic (exact) mass is 569 g/mol. The van der Waals surface area contributed by atoms with E-state index in [0.717, 1.165) is 75.6 Å². The van der Waals surface area contributed by atoms with Gasteiger partial charge in [0.15, 0.2) is 11.6 Å². The van der Waals surface area contributed by atoms with E-state index in [4.69, 9.17) is 4.98 Å². The first-order valence-electron chi connectivity index (χ1n) is 13.4. The van der Waals surface area contributed by atoms with Gasteiger partial charge in [-0.3, -0.25) is 19.1 Å². The van der Waals surface area contributed by atoms with Crippen LogP contribution in [0, 0.1) is 23.5 Å². The van der Waals surface area contributed by atoms with Gasteiger partial charge in [-0.2, -0.15) is 0 Å². The van der Waals surface area contributed by atoms with Crippen molar-refractivity contribution in [3.8, 4) is 11.8 Å². The van der Waals surface area contributed by atoms with E-state index in [9.17, 15) is 18.4 Å². The summed E-state index contributed by atoms with van der Waals surface area (Å²) in [5.41, 5.74) is 2.97. The lowest BCUT2D eigenvalue weighted by molar-refractivity contribution is 0.0956. The molecule has 1 N–H and O–H groups in total. The summed E-state index contributed by atoms with van der Waals surface area (Å²) in [6.45, 7) is 0.910. The highest BCUT2D eigenvalue weighted by Gasteiger charge is 2.14. The Morgan fingerprint density at radius 2 is 1.90 bits per heavy atom. The van der Waals surface area contributed by atoms with Crippen LogP contribution in [0.3, 0.4) is 0 Å². The smallest absolute Gasteiger partial charge is 0.266 e.